The Morgan fingerprint density at radius 2 is 2.08 bits per heavy atom. The van der Waals surface area contributed by atoms with E-state index in [0.717, 1.165) is 17.5 Å². The van der Waals surface area contributed by atoms with Crippen molar-refractivity contribution in [2.45, 2.75) is 25.9 Å². The van der Waals surface area contributed by atoms with Crippen molar-refractivity contribution in [3.8, 4) is 0 Å². The third-order valence-electron chi connectivity index (χ3n) is 5.17. The molecule has 2 aromatic rings. The van der Waals surface area contributed by atoms with Crippen molar-refractivity contribution >= 4 is 11.8 Å². The molecule has 130 valence electrons. The van der Waals surface area contributed by atoms with Crippen LogP contribution in [0.3, 0.4) is 0 Å². The van der Waals surface area contributed by atoms with Gasteiger partial charge in [-0.25, -0.2) is 4.98 Å². The average Bonchev–Trinajstić information content (AvgIpc) is 3.02. The molecule has 1 aromatic heterocycles. The first-order valence-corrected chi connectivity index (χ1v) is 8.50. The van der Waals surface area contributed by atoms with E-state index in [0.29, 0.717) is 23.8 Å². The van der Waals surface area contributed by atoms with Gasteiger partial charge in [0.05, 0.1) is 6.20 Å². The molecule has 1 aliphatic heterocycles. The maximum Gasteiger partial charge on any atom is 0.253 e. The Hall–Kier alpha value is -2.63. The normalized spacial score (nSPS) is 24.1. The van der Waals surface area contributed by atoms with Crippen LogP contribution in [-0.4, -0.2) is 40.7 Å². The summed E-state index contributed by atoms with van der Waals surface area (Å²) in [6.45, 7) is 2.60. The predicted octanol–water partition coefficient (Wildman–Crippen LogP) is 2.46. The second kappa shape index (κ2) is 5.72. The third-order valence-corrected chi connectivity index (χ3v) is 5.17. The lowest BCUT2D eigenvalue weighted by Gasteiger charge is -2.23. The molecule has 2 amide bonds. The predicted molar refractivity (Wildman–Crippen MR) is 90.6 cm³/mol. The Bertz CT molecular complexity index is 828. The molecule has 1 fully saturated rings. The number of carbonyl (C=O) groups is 2. The van der Waals surface area contributed by atoms with E-state index >= 15 is 0 Å². The number of hydrogen-bond donors (Lipinski definition) is 0. The molecule has 2 heterocycles. The van der Waals surface area contributed by atoms with Crippen LogP contribution in [0.4, 0.5) is 0 Å². The van der Waals surface area contributed by atoms with Gasteiger partial charge in [0.25, 0.3) is 5.91 Å². The van der Waals surface area contributed by atoms with Crippen molar-refractivity contribution < 1.29 is 14.0 Å². The topological polar surface area (TPSA) is 66.7 Å². The first-order chi connectivity index (χ1) is 12.0. The Kier molecular flexibility index (Phi) is 3.63. The number of benzene rings is 1. The minimum atomic E-state index is -0.263. The number of fused-ring (bicyclic) bond motifs is 1. The SMILES string of the molecule is C[C@@H]1C[C@@H]1C(=O)N1Cc2cc(C(=O)N(C)C)ccc2[C@H]1c1cnco1. The van der Waals surface area contributed by atoms with Crippen LogP contribution in [0.1, 0.15) is 46.6 Å². The van der Waals surface area contributed by atoms with Crippen molar-refractivity contribution in [2.24, 2.45) is 11.8 Å². The zero-order valence-electron chi connectivity index (χ0n) is 14.6. The minimum Gasteiger partial charge on any atom is -0.446 e. The number of carbonyl (C=O) groups excluding carboxylic acids is 2. The molecule has 0 bridgehead atoms. The minimum absolute atomic E-state index is 0.0420. The fourth-order valence-electron chi connectivity index (χ4n) is 3.60. The van der Waals surface area contributed by atoms with E-state index in [9.17, 15) is 9.59 Å². The zero-order chi connectivity index (χ0) is 17.7. The Morgan fingerprint density at radius 3 is 2.68 bits per heavy atom. The highest BCUT2D eigenvalue weighted by Crippen LogP contribution is 2.45. The van der Waals surface area contributed by atoms with Gasteiger partial charge in [-0.05, 0) is 35.6 Å². The number of nitrogens with zero attached hydrogens (tertiary/aromatic N) is 3. The van der Waals surface area contributed by atoms with Crippen molar-refractivity contribution in [2.75, 3.05) is 14.1 Å². The third kappa shape index (κ3) is 2.62. The summed E-state index contributed by atoms with van der Waals surface area (Å²) in [5.74, 6) is 1.32. The summed E-state index contributed by atoms with van der Waals surface area (Å²) < 4.78 is 5.52. The molecule has 3 atom stereocenters. The van der Waals surface area contributed by atoms with Gasteiger partial charge in [-0.2, -0.15) is 0 Å². The lowest BCUT2D eigenvalue weighted by molar-refractivity contribution is -0.134. The van der Waals surface area contributed by atoms with Crippen LogP contribution in [0.2, 0.25) is 0 Å². The molecule has 2 aliphatic rings. The molecule has 1 saturated carbocycles. The molecule has 0 spiro atoms. The number of rotatable bonds is 3. The Labute approximate surface area is 146 Å². The molecular weight excluding hydrogens is 318 g/mol. The fourth-order valence-corrected chi connectivity index (χ4v) is 3.60. The largest absolute Gasteiger partial charge is 0.446 e. The summed E-state index contributed by atoms with van der Waals surface area (Å²) >= 11 is 0. The van der Waals surface area contributed by atoms with E-state index < -0.39 is 0 Å². The van der Waals surface area contributed by atoms with Gasteiger partial charge in [0.2, 0.25) is 5.91 Å². The van der Waals surface area contributed by atoms with E-state index in [4.69, 9.17) is 4.42 Å². The maximum atomic E-state index is 12.9. The molecule has 25 heavy (non-hydrogen) atoms. The lowest BCUT2D eigenvalue weighted by atomic mass is 10.00. The van der Waals surface area contributed by atoms with Crippen LogP contribution >= 0.6 is 0 Å². The first kappa shape index (κ1) is 15.9. The van der Waals surface area contributed by atoms with Gasteiger partial charge >= 0.3 is 0 Å². The van der Waals surface area contributed by atoms with E-state index in [2.05, 4.69) is 11.9 Å². The molecule has 0 radical (unpaired) electrons. The second-order valence-corrected chi connectivity index (χ2v) is 7.21. The lowest BCUT2D eigenvalue weighted by Crippen LogP contribution is -2.31. The fraction of sp³-hybridized carbons (Fsp3) is 0.421. The summed E-state index contributed by atoms with van der Waals surface area (Å²) in [5.41, 5.74) is 2.64. The number of aromatic nitrogens is 1. The van der Waals surface area contributed by atoms with E-state index in [1.165, 1.54) is 6.39 Å². The summed E-state index contributed by atoms with van der Waals surface area (Å²) in [6.07, 6.45) is 3.99. The summed E-state index contributed by atoms with van der Waals surface area (Å²) in [5, 5.41) is 0. The highest BCUT2D eigenvalue weighted by atomic mass is 16.3. The quantitative estimate of drug-likeness (QED) is 0.861. The maximum absolute atomic E-state index is 12.9. The smallest absolute Gasteiger partial charge is 0.253 e. The van der Waals surface area contributed by atoms with Crippen molar-refractivity contribution in [1.82, 2.24) is 14.8 Å². The van der Waals surface area contributed by atoms with Crippen LogP contribution in [-0.2, 0) is 11.3 Å². The van der Waals surface area contributed by atoms with Crippen LogP contribution in [0.15, 0.2) is 35.2 Å². The Balaban J connectivity index is 1.72. The zero-order valence-corrected chi connectivity index (χ0v) is 14.6. The molecule has 6 nitrogen and oxygen atoms in total. The first-order valence-electron chi connectivity index (χ1n) is 8.50. The second-order valence-electron chi connectivity index (χ2n) is 7.21. The van der Waals surface area contributed by atoms with E-state index in [1.54, 1.807) is 25.2 Å². The molecular formula is C19H21N3O3. The summed E-state index contributed by atoms with van der Waals surface area (Å²) in [4.78, 5) is 32.6. The van der Waals surface area contributed by atoms with Crippen LogP contribution in [0.5, 0.6) is 0 Å². The van der Waals surface area contributed by atoms with E-state index in [-0.39, 0.29) is 23.8 Å². The number of amides is 2. The molecule has 1 aromatic carbocycles. The molecule has 6 heteroatoms. The average molecular weight is 339 g/mol. The van der Waals surface area contributed by atoms with Crippen LogP contribution < -0.4 is 0 Å². The number of oxazole rings is 1. The van der Waals surface area contributed by atoms with Crippen LogP contribution in [0, 0.1) is 11.8 Å². The summed E-state index contributed by atoms with van der Waals surface area (Å²) in [6, 6.07) is 5.38. The summed E-state index contributed by atoms with van der Waals surface area (Å²) in [7, 11) is 3.47. The van der Waals surface area contributed by atoms with Gasteiger partial charge in [-0.1, -0.05) is 13.0 Å². The Morgan fingerprint density at radius 1 is 1.32 bits per heavy atom. The van der Waals surface area contributed by atoms with Crippen molar-refractivity contribution in [1.29, 1.82) is 0 Å². The number of hydrogen-bond acceptors (Lipinski definition) is 4. The molecule has 0 N–H and O–H groups in total. The van der Waals surface area contributed by atoms with Crippen molar-refractivity contribution in [3.05, 3.63) is 53.2 Å². The van der Waals surface area contributed by atoms with Crippen molar-refractivity contribution in [3.63, 3.8) is 0 Å². The molecule has 0 unspecified atom stereocenters. The standard InChI is InChI=1S/C19H21N3O3/c1-11-6-15(11)19(24)22-9-13-7-12(18(23)21(2)3)4-5-14(13)17(22)16-8-20-10-25-16/h4-5,7-8,10-11,15,17H,6,9H2,1-3H3/t11-,15+,17+/m1/s1. The van der Waals surface area contributed by atoms with Gasteiger partial charge in [-0.15, -0.1) is 0 Å². The van der Waals surface area contributed by atoms with Gasteiger partial charge in [0.15, 0.2) is 12.2 Å². The van der Waals surface area contributed by atoms with Gasteiger partial charge in [0.1, 0.15) is 6.04 Å². The molecule has 4 rings (SSSR count). The van der Waals surface area contributed by atoms with Gasteiger partial charge in [0, 0.05) is 32.1 Å². The van der Waals surface area contributed by atoms with Crippen LogP contribution in [0.25, 0.3) is 0 Å². The monoisotopic (exact) mass is 339 g/mol. The molecule has 1 aliphatic carbocycles. The highest BCUT2D eigenvalue weighted by Gasteiger charge is 2.46. The molecule has 0 saturated heterocycles. The van der Waals surface area contributed by atoms with E-state index in [1.807, 2.05) is 23.1 Å². The van der Waals surface area contributed by atoms with Gasteiger partial charge in [-0.3, -0.25) is 9.59 Å². The highest BCUT2D eigenvalue weighted by molar-refractivity contribution is 5.94. The van der Waals surface area contributed by atoms with Gasteiger partial charge < -0.3 is 14.2 Å².